The van der Waals surface area contributed by atoms with Crippen LogP contribution in [0.15, 0.2) is 36.5 Å². The fraction of sp³-hybridized carbons (Fsp3) is 0.417. The number of nitrogens with two attached hydrogens (primary N) is 1. The lowest BCUT2D eigenvalue weighted by Crippen LogP contribution is -2.64. The highest BCUT2D eigenvalue weighted by atomic mass is 19.4. The summed E-state index contributed by atoms with van der Waals surface area (Å²) in [5, 5.41) is 0. The molecule has 1 saturated heterocycles. The fourth-order valence-electron chi connectivity index (χ4n) is 4.84. The number of pyridine rings is 1. The first-order valence-electron chi connectivity index (χ1n) is 11.3. The number of ether oxygens (including phenoxy) is 1. The number of piperazine rings is 1. The largest absolute Gasteiger partial charge is 0.462 e. The second-order valence-electron chi connectivity index (χ2n) is 9.10. The number of halogens is 3. The molecule has 2 unspecified atom stereocenters. The molecule has 0 radical (unpaired) electrons. The van der Waals surface area contributed by atoms with Crippen LogP contribution in [0.2, 0.25) is 0 Å². The van der Waals surface area contributed by atoms with Crippen molar-refractivity contribution in [3.05, 3.63) is 58.8 Å². The van der Waals surface area contributed by atoms with Gasteiger partial charge in [-0.1, -0.05) is 12.1 Å². The van der Waals surface area contributed by atoms with E-state index < -0.39 is 47.2 Å². The van der Waals surface area contributed by atoms with Crippen molar-refractivity contribution in [1.82, 2.24) is 9.88 Å². The molecule has 1 aliphatic carbocycles. The van der Waals surface area contributed by atoms with E-state index in [2.05, 4.69) is 4.98 Å². The van der Waals surface area contributed by atoms with Crippen LogP contribution < -0.4 is 10.6 Å². The first-order chi connectivity index (χ1) is 16.6. The molecule has 1 aromatic heterocycles. The molecular formula is C24H23F3N4O4. The number of fused-ring (bicyclic) bond motifs is 3. The number of hydrogen-bond donors (Lipinski definition) is 1. The first-order valence-corrected chi connectivity index (χ1v) is 11.3. The van der Waals surface area contributed by atoms with Crippen molar-refractivity contribution in [2.45, 2.75) is 37.5 Å². The van der Waals surface area contributed by atoms with Gasteiger partial charge in [-0.3, -0.25) is 9.59 Å². The molecular weight excluding hydrogens is 465 g/mol. The van der Waals surface area contributed by atoms with Gasteiger partial charge in [0.1, 0.15) is 11.9 Å². The van der Waals surface area contributed by atoms with E-state index in [0.717, 1.165) is 29.9 Å². The van der Waals surface area contributed by atoms with Crippen LogP contribution in [-0.2, 0) is 22.1 Å². The van der Waals surface area contributed by atoms with Gasteiger partial charge < -0.3 is 20.3 Å². The quantitative estimate of drug-likeness (QED) is 0.648. The van der Waals surface area contributed by atoms with Gasteiger partial charge in [0.25, 0.3) is 5.91 Å². The monoisotopic (exact) mass is 488 g/mol. The smallest absolute Gasteiger partial charge is 0.417 e. The molecule has 2 fully saturated rings. The molecule has 3 heterocycles. The summed E-state index contributed by atoms with van der Waals surface area (Å²) in [5.74, 6) is -1.24. The number of rotatable bonds is 5. The Balaban J connectivity index is 1.40. The molecule has 2 aromatic rings. The first kappa shape index (κ1) is 23.1. The van der Waals surface area contributed by atoms with E-state index in [9.17, 15) is 27.6 Å². The molecule has 2 atom stereocenters. The second-order valence-corrected chi connectivity index (χ2v) is 9.10. The summed E-state index contributed by atoms with van der Waals surface area (Å²) in [6.45, 7) is 0.603. The highest BCUT2D eigenvalue weighted by Gasteiger charge is 2.48. The number of alkyl halides is 3. The third kappa shape index (κ3) is 4.30. The Hall–Kier alpha value is -3.63. The Morgan fingerprint density at radius 2 is 1.89 bits per heavy atom. The molecule has 0 bridgehead atoms. The van der Waals surface area contributed by atoms with E-state index in [4.69, 9.17) is 10.5 Å². The van der Waals surface area contributed by atoms with Crippen molar-refractivity contribution in [3.8, 4) is 0 Å². The Morgan fingerprint density at radius 1 is 1.14 bits per heavy atom. The normalized spacial score (nSPS) is 21.3. The van der Waals surface area contributed by atoms with E-state index >= 15 is 0 Å². The zero-order valence-corrected chi connectivity index (χ0v) is 18.6. The minimum absolute atomic E-state index is 0.0125. The topological polar surface area (TPSA) is 106 Å². The number of carbonyl (C=O) groups is 3. The Bertz CT molecular complexity index is 1200. The summed E-state index contributed by atoms with van der Waals surface area (Å²) in [5.41, 5.74) is 5.03. The maximum absolute atomic E-state index is 13.5. The molecule has 2 aliphatic heterocycles. The molecule has 8 nitrogen and oxygen atoms in total. The van der Waals surface area contributed by atoms with Crippen LogP contribution in [0.4, 0.5) is 19.0 Å². The summed E-state index contributed by atoms with van der Waals surface area (Å²) in [4.78, 5) is 45.4. The van der Waals surface area contributed by atoms with Gasteiger partial charge in [0.2, 0.25) is 5.91 Å². The molecule has 11 heteroatoms. The Morgan fingerprint density at radius 3 is 2.57 bits per heavy atom. The molecule has 0 spiro atoms. The number of aromatic nitrogens is 1. The zero-order valence-electron chi connectivity index (χ0n) is 18.6. The van der Waals surface area contributed by atoms with Gasteiger partial charge in [-0.15, -0.1) is 0 Å². The van der Waals surface area contributed by atoms with Crippen LogP contribution in [0.3, 0.4) is 0 Å². The number of esters is 1. The number of hydrogen-bond acceptors (Lipinski definition) is 6. The number of benzene rings is 1. The van der Waals surface area contributed by atoms with Crippen molar-refractivity contribution in [2.24, 2.45) is 11.7 Å². The second kappa shape index (κ2) is 8.54. The molecule has 2 N–H and O–H groups in total. The van der Waals surface area contributed by atoms with E-state index in [1.54, 1.807) is 6.07 Å². The van der Waals surface area contributed by atoms with Crippen LogP contribution in [-0.4, -0.2) is 59.4 Å². The van der Waals surface area contributed by atoms with Gasteiger partial charge >= 0.3 is 12.1 Å². The van der Waals surface area contributed by atoms with E-state index in [1.165, 1.54) is 18.3 Å². The summed E-state index contributed by atoms with van der Waals surface area (Å²) >= 11 is 0. The summed E-state index contributed by atoms with van der Waals surface area (Å²) in [6.07, 6.45) is -0.974. The third-order valence-electron chi connectivity index (χ3n) is 6.72. The maximum atomic E-state index is 13.5. The maximum Gasteiger partial charge on any atom is 0.417 e. The van der Waals surface area contributed by atoms with Crippen LogP contribution >= 0.6 is 0 Å². The van der Waals surface area contributed by atoms with Crippen molar-refractivity contribution in [2.75, 3.05) is 24.6 Å². The predicted octanol–water partition coefficient (Wildman–Crippen LogP) is 2.41. The lowest BCUT2D eigenvalue weighted by molar-refractivity contribution is -0.138. The lowest BCUT2D eigenvalue weighted by atomic mass is 9.96. The number of primary amides is 1. The summed E-state index contributed by atoms with van der Waals surface area (Å²) < 4.78 is 45.9. The van der Waals surface area contributed by atoms with Crippen molar-refractivity contribution in [3.63, 3.8) is 0 Å². The predicted molar refractivity (Wildman–Crippen MR) is 118 cm³/mol. The Kier molecular flexibility index (Phi) is 5.65. The highest BCUT2D eigenvalue weighted by Crippen LogP contribution is 2.38. The average Bonchev–Trinajstić information content (AvgIpc) is 3.59. The van der Waals surface area contributed by atoms with Gasteiger partial charge in [0.15, 0.2) is 0 Å². The SMILES string of the molecule is NC(=O)C1C2Cc3cc(C(=O)OCC4CC4)cnc3N2CCN1C(=O)c1ccccc1C(F)(F)F. The van der Waals surface area contributed by atoms with E-state index in [1.807, 2.05) is 4.90 Å². The van der Waals surface area contributed by atoms with Gasteiger partial charge in [-0.05, 0) is 48.9 Å². The van der Waals surface area contributed by atoms with Crippen LogP contribution in [0.25, 0.3) is 0 Å². The van der Waals surface area contributed by atoms with E-state index in [0.29, 0.717) is 23.9 Å². The van der Waals surface area contributed by atoms with Crippen molar-refractivity contribution in [1.29, 1.82) is 0 Å². The fourth-order valence-corrected chi connectivity index (χ4v) is 4.84. The van der Waals surface area contributed by atoms with Crippen LogP contribution in [0.5, 0.6) is 0 Å². The van der Waals surface area contributed by atoms with Crippen molar-refractivity contribution >= 4 is 23.6 Å². The minimum atomic E-state index is -4.73. The molecule has 3 aliphatic rings. The zero-order chi connectivity index (χ0) is 24.9. The van der Waals surface area contributed by atoms with Gasteiger partial charge in [0.05, 0.1) is 29.3 Å². The molecule has 1 saturated carbocycles. The molecule has 35 heavy (non-hydrogen) atoms. The molecule has 5 rings (SSSR count). The van der Waals surface area contributed by atoms with Gasteiger partial charge in [-0.25, -0.2) is 9.78 Å². The standard InChI is InChI=1S/C24H23F3N4O4/c25-24(26,27)17-4-2-1-3-16(17)22(33)31-8-7-30-18(19(31)20(28)32)10-14-9-15(11-29-21(14)30)23(34)35-12-13-5-6-13/h1-4,9,11,13,18-19H,5-8,10,12H2,(H2,28,32). The number of nitrogens with zero attached hydrogens (tertiary/aromatic N) is 3. The van der Waals surface area contributed by atoms with Gasteiger partial charge in [0, 0.05) is 19.3 Å². The summed E-state index contributed by atoms with van der Waals surface area (Å²) in [6, 6.07) is 4.36. The average molecular weight is 488 g/mol. The molecule has 1 aromatic carbocycles. The summed E-state index contributed by atoms with van der Waals surface area (Å²) in [7, 11) is 0. The third-order valence-corrected chi connectivity index (χ3v) is 6.72. The van der Waals surface area contributed by atoms with Gasteiger partial charge in [-0.2, -0.15) is 13.2 Å². The Labute approximate surface area is 198 Å². The lowest BCUT2D eigenvalue weighted by Gasteiger charge is -2.44. The van der Waals surface area contributed by atoms with Crippen LogP contribution in [0, 0.1) is 5.92 Å². The number of amides is 2. The number of carbonyl (C=O) groups excluding carboxylic acids is 3. The molecule has 2 amide bonds. The number of anilines is 1. The van der Waals surface area contributed by atoms with Crippen molar-refractivity contribution < 1.29 is 32.3 Å². The highest BCUT2D eigenvalue weighted by molar-refractivity contribution is 5.99. The van der Waals surface area contributed by atoms with E-state index in [-0.39, 0.29) is 25.1 Å². The van der Waals surface area contributed by atoms with Crippen LogP contribution in [0.1, 0.15) is 44.7 Å². The minimum Gasteiger partial charge on any atom is -0.462 e. The molecule has 184 valence electrons.